The molecule has 1 heterocycles. The Balaban J connectivity index is 1.77. The number of amides is 1. The number of rotatable bonds is 4. The van der Waals surface area contributed by atoms with Crippen molar-refractivity contribution in [3.05, 3.63) is 23.3 Å². The second-order valence-corrected chi connectivity index (χ2v) is 6.11. The Morgan fingerprint density at radius 2 is 1.70 bits per heavy atom. The molecule has 0 radical (unpaired) electrons. The van der Waals surface area contributed by atoms with Crippen molar-refractivity contribution < 1.29 is 24.2 Å². The third-order valence-electron chi connectivity index (χ3n) is 4.94. The highest BCUT2D eigenvalue weighted by atomic mass is 16.5. The summed E-state index contributed by atoms with van der Waals surface area (Å²) in [5.41, 5.74) is 2.18. The van der Waals surface area contributed by atoms with Crippen LogP contribution in [0.4, 0.5) is 0 Å². The lowest BCUT2D eigenvalue weighted by Crippen LogP contribution is -2.47. The van der Waals surface area contributed by atoms with E-state index in [1.165, 1.54) is 0 Å². The molecule has 6 nitrogen and oxygen atoms in total. The van der Waals surface area contributed by atoms with Gasteiger partial charge in [0.2, 0.25) is 5.91 Å². The van der Waals surface area contributed by atoms with Crippen LogP contribution in [-0.4, -0.2) is 42.6 Å². The smallest absolute Gasteiger partial charge is 0.307 e. The molecule has 1 aromatic rings. The highest BCUT2D eigenvalue weighted by Gasteiger charge is 2.43. The van der Waals surface area contributed by atoms with Crippen molar-refractivity contribution in [1.29, 1.82) is 0 Å². The first-order valence-corrected chi connectivity index (χ1v) is 7.80. The molecule has 1 aromatic carbocycles. The highest BCUT2D eigenvalue weighted by molar-refractivity contribution is 5.86. The monoisotopic (exact) mass is 319 g/mol. The third-order valence-corrected chi connectivity index (χ3v) is 4.94. The average Bonchev–Trinajstić information content (AvgIpc) is 2.51. The number of hydrogen-bond acceptors (Lipinski definition) is 4. The number of carboxylic acids is 1. The minimum atomic E-state index is -0.863. The fraction of sp³-hybridized carbons (Fsp3) is 0.529. The minimum absolute atomic E-state index is 0.0379. The van der Waals surface area contributed by atoms with Gasteiger partial charge < -0.3 is 19.5 Å². The van der Waals surface area contributed by atoms with E-state index in [9.17, 15) is 9.59 Å². The van der Waals surface area contributed by atoms with E-state index in [1.54, 1.807) is 19.1 Å². The molecule has 1 fully saturated rings. The average molecular weight is 319 g/mol. The van der Waals surface area contributed by atoms with Gasteiger partial charge in [0.15, 0.2) is 11.5 Å². The van der Waals surface area contributed by atoms with Crippen LogP contribution in [0.1, 0.15) is 24.0 Å². The molecular weight excluding hydrogens is 298 g/mol. The van der Waals surface area contributed by atoms with E-state index in [1.807, 2.05) is 12.1 Å². The van der Waals surface area contributed by atoms with Crippen molar-refractivity contribution in [2.45, 2.75) is 25.8 Å². The SMILES string of the molecule is COc1cc2c(cc1OC)CN(C(=O)C1CCC1C(=O)O)CC2. The molecule has 0 spiro atoms. The van der Waals surface area contributed by atoms with Crippen molar-refractivity contribution in [3.63, 3.8) is 0 Å². The third kappa shape index (κ3) is 2.73. The summed E-state index contributed by atoms with van der Waals surface area (Å²) >= 11 is 0. The molecular formula is C17H21NO5. The van der Waals surface area contributed by atoms with Crippen molar-refractivity contribution >= 4 is 11.9 Å². The van der Waals surface area contributed by atoms with Crippen LogP contribution < -0.4 is 9.47 Å². The second kappa shape index (κ2) is 6.10. The summed E-state index contributed by atoms with van der Waals surface area (Å²) in [5.74, 6) is -0.449. The van der Waals surface area contributed by atoms with Gasteiger partial charge >= 0.3 is 5.97 Å². The molecule has 0 bridgehead atoms. The standard InChI is InChI=1S/C17H21NO5/c1-22-14-7-10-5-6-18(9-11(10)8-15(14)23-2)16(19)12-3-4-13(12)17(20)21/h7-8,12-13H,3-6,9H2,1-2H3,(H,20,21). The zero-order chi connectivity index (χ0) is 16.6. The summed E-state index contributed by atoms with van der Waals surface area (Å²) in [4.78, 5) is 25.5. The van der Waals surface area contributed by atoms with Crippen LogP contribution in [0.15, 0.2) is 12.1 Å². The summed E-state index contributed by atoms with van der Waals surface area (Å²) in [6.07, 6.45) is 2.01. The number of hydrogen-bond donors (Lipinski definition) is 1. The lowest BCUT2D eigenvalue weighted by Gasteiger charge is -2.38. The number of methoxy groups -OCH3 is 2. The molecule has 2 aliphatic rings. The first kappa shape index (κ1) is 15.6. The van der Waals surface area contributed by atoms with Gasteiger partial charge in [-0.15, -0.1) is 0 Å². The van der Waals surface area contributed by atoms with Gasteiger partial charge in [-0.05, 0) is 42.5 Å². The maximum atomic E-state index is 12.6. The Kier molecular flexibility index (Phi) is 4.15. The van der Waals surface area contributed by atoms with E-state index >= 15 is 0 Å². The number of carboxylic acid groups (broad SMARTS) is 1. The van der Waals surface area contributed by atoms with E-state index in [0.717, 1.165) is 17.5 Å². The predicted molar refractivity (Wildman–Crippen MR) is 82.5 cm³/mol. The van der Waals surface area contributed by atoms with Gasteiger partial charge in [-0.2, -0.15) is 0 Å². The van der Waals surface area contributed by atoms with Crippen molar-refractivity contribution in [3.8, 4) is 11.5 Å². The fourth-order valence-electron chi connectivity index (χ4n) is 3.40. The molecule has 6 heteroatoms. The maximum absolute atomic E-state index is 12.6. The number of ether oxygens (including phenoxy) is 2. The largest absolute Gasteiger partial charge is 0.493 e. The van der Waals surface area contributed by atoms with E-state index in [0.29, 0.717) is 37.4 Å². The van der Waals surface area contributed by atoms with E-state index in [2.05, 4.69) is 0 Å². The van der Waals surface area contributed by atoms with Gasteiger partial charge in [-0.25, -0.2) is 0 Å². The molecule has 2 atom stereocenters. The van der Waals surface area contributed by atoms with Gasteiger partial charge in [-0.3, -0.25) is 9.59 Å². The fourth-order valence-corrected chi connectivity index (χ4v) is 3.40. The van der Waals surface area contributed by atoms with Crippen LogP contribution in [-0.2, 0) is 22.6 Å². The molecule has 0 aromatic heterocycles. The van der Waals surface area contributed by atoms with E-state index < -0.39 is 11.9 Å². The summed E-state index contributed by atoms with van der Waals surface area (Å²) in [5, 5.41) is 9.13. The Morgan fingerprint density at radius 1 is 1.09 bits per heavy atom. The zero-order valence-electron chi connectivity index (χ0n) is 13.4. The molecule has 124 valence electrons. The quantitative estimate of drug-likeness (QED) is 0.914. The number of carbonyl (C=O) groups is 2. The van der Waals surface area contributed by atoms with E-state index in [4.69, 9.17) is 14.6 Å². The van der Waals surface area contributed by atoms with Gasteiger partial charge in [0.05, 0.1) is 26.1 Å². The number of carbonyl (C=O) groups excluding carboxylic acids is 1. The lowest BCUT2D eigenvalue weighted by molar-refractivity contribution is -0.157. The van der Waals surface area contributed by atoms with Gasteiger partial charge in [0, 0.05) is 13.1 Å². The molecule has 1 N–H and O–H groups in total. The molecule has 1 saturated carbocycles. The Morgan fingerprint density at radius 3 is 2.22 bits per heavy atom. The number of benzene rings is 1. The van der Waals surface area contributed by atoms with Gasteiger partial charge in [0.1, 0.15) is 0 Å². The number of nitrogens with zero attached hydrogens (tertiary/aromatic N) is 1. The summed E-state index contributed by atoms with van der Waals surface area (Å²) < 4.78 is 10.6. The van der Waals surface area contributed by atoms with Crippen LogP contribution >= 0.6 is 0 Å². The minimum Gasteiger partial charge on any atom is -0.493 e. The Labute approximate surface area is 135 Å². The molecule has 2 unspecified atom stereocenters. The molecule has 0 saturated heterocycles. The van der Waals surface area contributed by atoms with Crippen LogP contribution in [0.3, 0.4) is 0 Å². The Bertz CT molecular complexity index is 642. The first-order valence-electron chi connectivity index (χ1n) is 7.80. The summed E-state index contributed by atoms with van der Waals surface area (Å²) in [6.45, 7) is 1.11. The lowest BCUT2D eigenvalue weighted by atomic mass is 9.72. The topological polar surface area (TPSA) is 76.1 Å². The summed E-state index contributed by atoms with van der Waals surface area (Å²) in [6, 6.07) is 3.86. The van der Waals surface area contributed by atoms with Crippen LogP contribution in [0.2, 0.25) is 0 Å². The van der Waals surface area contributed by atoms with Crippen LogP contribution in [0, 0.1) is 11.8 Å². The molecule has 1 amide bonds. The van der Waals surface area contributed by atoms with Gasteiger partial charge in [0.25, 0.3) is 0 Å². The van der Waals surface area contributed by atoms with Gasteiger partial charge in [-0.1, -0.05) is 0 Å². The highest BCUT2D eigenvalue weighted by Crippen LogP contribution is 2.38. The molecule has 3 rings (SSSR count). The van der Waals surface area contributed by atoms with E-state index in [-0.39, 0.29) is 11.8 Å². The molecule has 1 aliphatic heterocycles. The normalized spacial score (nSPS) is 22.8. The number of aliphatic carboxylic acids is 1. The first-order chi connectivity index (χ1) is 11.0. The van der Waals surface area contributed by atoms with Crippen molar-refractivity contribution in [2.75, 3.05) is 20.8 Å². The van der Waals surface area contributed by atoms with Crippen molar-refractivity contribution in [2.24, 2.45) is 11.8 Å². The predicted octanol–water partition coefficient (Wildman–Crippen LogP) is 1.70. The summed E-state index contributed by atoms with van der Waals surface area (Å²) in [7, 11) is 3.19. The van der Waals surface area contributed by atoms with Crippen LogP contribution in [0.5, 0.6) is 11.5 Å². The molecule has 1 aliphatic carbocycles. The maximum Gasteiger partial charge on any atom is 0.307 e. The number of fused-ring (bicyclic) bond motifs is 1. The Hall–Kier alpha value is -2.24. The molecule has 23 heavy (non-hydrogen) atoms. The zero-order valence-corrected chi connectivity index (χ0v) is 13.4. The second-order valence-electron chi connectivity index (χ2n) is 6.11. The van der Waals surface area contributed by atoms with Crippen molar-refractivity contribution in [1.82, 2.24) is 4.90 Å². The van der Waals surface area contributed by atoms with Crippen LogP contribution in [0.25, 0.3) is 0 Å².